The van der Waals surface area contributed by atoms with Crippen LogP contribution in [0.25, 0.3) is 0 Å². The standard InChI is InChI=1S/C20H38O4/c1-4-6-8-9-10-11-14-18(3)24-20(22)16-13-12-15-19(21)23-17-7-5-2/h18H,4-17H2,1-3H3. The quantitative estimate of drug-likeness (QED) is 0.272. The zero-order valence-corrected chi connectivity index (χ0v) is 16.1. The Kier molecular flexibility index (Phi) is 16.0. The number of rotatable bonds is 16. The number of ether oxygens (including phenoxy) is 2. The molecule has 4 heteroatoms. The Balaban J connectivity index is 3.48. The van der Waals surface area contributed by atoms with E-state index in [0.717, 1.165) is 25.7 Å². The molecule has 0 rings (SSSR count). The van der Waals surface area contributed by atoms with Crippen molar-refractivity contribution < 1.29 is 19.1 Å². The van der Waals surface area contributed by atoms with E-state index in [0.29, 0.717) is 32.3 Å². The first-order valence-electron chi connectivity index (χ1n) is 9.95. The number of hydrogen-bond acceptors (Lipinski definition) is 4. The molecule has 0 heterocycles. The molecule has 1 unspecified atom stereocenters. The highest BCUT2D eigenvalue weighted by Crippen LogP contribution is 2.11. The number of carbonyl (C=O) groups excluding carboxylic acids is 2. The van der Waals surface area contributed by atoms with Gasteiger partial charge in [0.2, 0.25) is 0 Å². The molecule has 0 spiro atoms. The Morgan fingerprint density at radius 2 is 1.33 bits per heavy atom. The number of hydrogen-bond donors (Lipinski definition) is 0. The lowest BCUT2D eigenvalue weighted by molar-refractivity contribution is -0.149. The molecule has 0 aliphatic rings. The van der Waals surface area contributed by atoms with Gasteiger partial charge in [0.05, 0.1) is 12.7 Å². The molecule has 0 aliphatic carbocycles. The maximum atomic E-state index is 11.7. The Labute approximate surface area is 148 Å². The van der Waals surface area contributed by atoms with Gasteiger partial charge >= 0.3 is 11.9 Å². The largest absolute Gasteiger partial charge is 0.466 e. The average molecular weight is 343 g/mol. The monoisotopic (exact) mass is 342 g/mol. The molecule has 0 aromatic rings. The third kappa shape index (κ3) is 15.8. The lowest BCUT2D eigenvalue weighted by atomic mass is 10.1. The molecule has 0 saturated carbocycles. The van der Waals surface area contributed by atoms with Crippen LogP contribution in [0.4, 0.5) is 0 Å². The third-order valence-corrected chi connectivity index (χ3v) is 4.07. The molecular formula is C20H38O4. The second kappa shape index (κ2) is 16.8. The minimum Gasteiger partial charge on any atom is -0.466 e. The van der Waals surface area contributed by atoms with Crippen LogP contribution in [-0.2, 0) is 19.1 Å². The van der Waals surface area contributed by atoms with Gasteiger partial charge < -0.3 is 9.47 Å². The fourth-order valence-electron chi connectivity index (χ4n) is 2.50. The zero-order chi connectivity index (χ0) is 18.0. The predicted octanol–water partition coefficient (Wildman–Crippen LogP) is 5.57. The smallest absolute Gasteiger partial charge is 0.306 e. The molecule has 0 aromatic heterocycles. The molecule has 1 atom stereocenters. The highest BCUT2D eigenvalue weighted by Gasteiger charge is 2.10. The van der Waals surface area contributed by atoms with Crippen LogP contribution in [0.15, 0.2) is 0 Å². The van der Waals surface area contributed by atoms with E-state index >= 15 is 0 Å². The van der Waals surface area contributed by atoms with Crippen molar-refractivity contribution in [1.29, 1.82) is 0 Å². The van der Waals surface area contributed by atoms with Crippen LogP contribution in [-0.4, -0.2) is 24.6 Å². The lowest BCUT2D eigenvalue weighted by Gasteiger charge is -2.13. The van der Waals surface area contributed by atoms with Gasteiger partial charge in [-0.15, -0.1) is 0 Å². The van der Waals surface area contributed by atoms with Crippen LogP contribution in [0, 0.1) is 0 Å². The van der Waals surface area contributed by atoms with Crippen molar-refractivity contribution in [2.45, 2.75) is 110 Å². The van der Waals surface area contributed by atoms with Gasteiger partial charge in [-0.05, 0) is 39.0 Å². The number of esters is 2. The molecule has 0 saturated heterocycles. The summed E-state index contributed by atoms with van der Waals surface area (Å²) in [6.45, 7) is 6.76. The van der Waals surface area contributed by atoms with Gasteiger partial charge in [-0.2, -0.15) is 0 Å². The van der Waals surface area contributed by atoms with Gasteiger partial charge in [0, 0.05) is 12.8 Å². The molecule has 0 N–H and O–H groups in total. The van der Waals surface area contributed by atoms with Crippen LogP contribution in [0.3, 0.4) is 0 Å². The molecule has 0 aromatic carbocycles. The zero-order valence-electron chi connectivity index (χ0n) is 16.1. The van der Waals surface area contributed by atoms with Crippen molar-refractivity contribution in [2.75, 3.05) is 6.61 Å². The summed E-state index contributed by atoms with van der Waals surface area (Å²) >= 11 is 0. The topological polar surface area (TPSA) is 52.6 Å². The summed E-state index contributed by atoms with van der Waals surface area (Å²) in [5, 5.41) is 0. The summed E-state index contributed by atoms with van der Waals surface area (Å²) < 4.78 is 10.5. The Morgan fingerprint density at radius 3 is 2.00 bits per heavy atom. The molecule has 0 bridgehead atoms. The van der Waals surface area contributed by atoms with Gasteiger partial charge in [-0.3, -0.25) is 9.59 Å². The predicted molar refractivity (Wildman–Crippen MR) is 97.9 cm³/mol. The summed E-state index contributed by atoms with van der Waals surface area (Å²) in [6.07, 6.45) is 12.6. The van der Waals surface area contributed by atoms with E-state index in [-0.39, 0.29) is 18.0 Å². The van der Waals surface area contributed by atoms with E-state index in [9.17, 15) is 9.59 Å². The van der Waals surface area contributed by atoms with E-state index < -0.39 is 0 Å². The summed E-state index contributed by atoms with van der Waals surface area (Å²) in [4.78, 5) is 23.2. The first kappa shape index (κ1) is 22.9. The van der Waals surface area contributed by atoms with Crippen molar-refractivity contribution in [3.8, 4) is 0 Å². The van der Waals surface area contributed by atoms with Crippen LogP contribution < -0.4 is 0 Å². The highest BCUT2D eigenvalue weighted by molar-refractivity contribution is 5.70. The summed E-state index contributed by atoms with van der Waals surface area (Å²) in [5.41, 5.74) is 0. The minimum atomic E-state index is -0.159. The molecule has 24 heavy (non-hydrogen) atoms. The Bertz CT molecular complexity index is 315. The molecule has 4 nitrogen and oxygen atoms in total. The first-order chi connectivity index (χ1) is 11.6. The van der Waals surface area contributed by atoms with Crippen molar-refractivity contribution in [2.24, 2.45) is 0 Å². The van der Waals surface area contributed by atoms with Gasteiger partial charge in [0.25, 0.3) is 0 Å². The van der Waals surface area contributed by atoms with E-state index in [2.05, 4.69) is 13.8 Å². The maximum Gasteiger partial charge on any atom is 0.306 e. The normalized spacial score (nSPS) is 12.0. The molecule has 142 valence electrons. The van der Waals surface area contributed by atoms with Crippen molar-refractivity contribution in [1.82, 2.24) is 0 Å². The first-order valence-corrected chi connectivity index (χ1v) is 9.95. The van der Waals surface area contributed by atoms with Gasteiger partial charge in [0.1, 0.15) is 0 Å². The van der Waals surface area contributed by atoms with Crippen molar-refractivity contribution >= 4 is 11.9 Å². The summed E-state index contributed by atoms with van der Waals surface area (Å²) in [6, 6.07) is 0. The molecule has 0 amide bonds. The maximum absolute atomic E-state index is 11.7. The number of unbranched alkanes of at least 4 members (excludes halogenated alkanes) is 7. The van der Waals surface area contributed by atoms with Crippen LogP contribution >= 0.6 is 0 Å². The fraction of sp³-hybridized carbons (Fsp3) is 0.900. The summed E-state index contributed by atoms with van der Waals surface area (Å²) in [7, 11) is 0. The fourth-order valence-corrected chi connectivity index (χ4v) is 2.50. The molecule has 0 radical (unpaired) electrons. The Hall–Kier alpha value is -1.06. The van der Waals surface area contributed by atoms with Crippen LogP contribution in [0.2, 0.25) is 0 Å². The second-order valence-corrected chi connectivity index (χ2v) is 6.64. The highest BCUT2D eigenvalue weighted by atomic mass is 16.5. The van der Waals surface area contributed by atoms with Gasteiger partial charge in [-0.25, -0.2) is 0 Å². The van der Waals surface area contributed by atoms with Crippen molar-refractivity contribution in [3.63, 3.8) is 0 Å². The SMILES string of the molecule is CCCCCCCCC(C)OC(=O)CCCCC(=O)OCCCC. The third-order valence-electron chi connectivity index (χ3n) is 4.07. The molecule has 0 fully saturated rings. The van der Waals surface area contributed by atoms with E-state index in [1.807, 2.05) is 6.92 Å². The lowest BCUT2D eigenvalue weighted by Crippen LogP contribution is -2.14. The minimum absolute atomic E-state index is 0.00249. The molecule has 0 aliphatic heterocycles. The van der Waals surface area contributed by atoms with Gasteiger partial charge in [-0.1, -0.05) is 52.4 Å². The van der Waals surface area contributed by atoms with Crippen LogP contribution in [0.1, 0.15) is 104 Å². The van der Waals surface area contributed by atoms with Gasteiger partial charge in [0.15, 0.2) is 0 Å². The number of carbonyl (C=O) groups is 2. The van der Waals surface area contributed by atoms with Crippen LogP contribution in [0.5, 0.6) is 0 Å². The second-order valence-electron chi connectivity index (χ2n) is 6.64. The average Bonchev–Trinajstić information content (AvgIpc) is 2.55. The van der Waals surface area contributed by atoms with E-state index in [1.54, 1.807) is 0 Å². The van der Waals surface area contributed by atoms with Crippen molar-refractivity contribution in [3.05, 3.63) is 0 Å². The molecular weight excluding hydrogens is 304 g/mol. The summed E-state index contributed by atoms with van der Waals surface area (Å²) in [5.74, 6) is -0.305. The Morgan fingerprint density at radius 1 is 0.750 bits per heavy atom. The van der Waals surface area contributed by atoms with E-state index in [4.69, 9.17) is 9.47 Å². The van der Waals surface area contributed by atoms with E-state index in [1.165, 1.54) is 32.1 Å².